The van der Waals surface area contributed by atoms with Crippen LogP contribution in [-0.4, -0.2) is 69.8 Å². The first-order valence-electron chi connectivity index (χ1n) is 11.7. The minimum absolute atomic E-state index is 0.221. The Morgan fingerprint density at radius 1 is 1.11 bits per heavy atom. The highest BCUT2D eigenvalue weighted by Gasteiger charge is 2.49. The summed E-state index contributed by atoms with van der Waals surface area (Å²) in [5, 5.41) is 13.1. The molecule has 0 aliphatic carbocycles. The second-order valence-corrected chi connectivity index (χ2v) is 10.7. The predicted molar refractivity (Wildman–Crippen MR) is 136 cm³/mol. The fraction of sp³-hybridized carbons (Fsp3) is 0.440. The summed E-state index contributed by atoms with van der Waals surface area (Å²) in [6.07, 6.45) is 0.0728. The fourth-order valence-electron chi connectivity index (χ4n) is 4.56. The van der Waals surface area contributed by atoms with Crippen LogP contribution in [0.25, 0.3) is 0 Å². The maximum absolute atomic E-state index is 13.0. The fourth-order valence-corrected chi connectivity index (χ4v) is 4.95. The molecule has 0 radical (unpaired) electrons. The van der Waals surface area contributed by atoms with Crippen molar-refractivity contribution in [1.82, 2.24) is 14.8 Å². The van der Waals surface area contributed by atoms with E-state index in [1.165, 1.54) is 0 Å². The van der Waals surface area contributed by atoms with E-state index in [2.05, 4.69) is 15.2 Å². The first kappa shape index (κ1) is 25.6. The number of carbonyl (C=O) groups is 3. The number of benzene rings is 1. The van der Waals surface area contributed by atoms with Gasteiger partial charge in [-0.1, -0.05) is 11.6 Å². The highest BCUT2D eigenvalue weighted by atomic mass is 35.5. The number of nitrogens with zero attached hydrogens (tertiary/aromatic N) is 4. The number of nitrogens with one attached hydrogen (secondary N) is 1. The Bertz CT molecular complexity index is 1200. The SMILES string of the molecule is CC(C)(C)OC(=O)N1CCN(c2ccc(Nc3ccc(Cl)c4c3C(=O)N(C(=O)O)C4(C)C)nc2)CC1. The number of hydrogen-bond acceptors (Lipinski definition) is 7. The molecule has 2 aromatic rings. The molecule has 0 atom stereocenters. The lowest BCUT2D eigenvalue weighted by molar-refractivity contribution is 0.0240. The normalized spacial score (nSPS) is 17.2. The molecule has 0 unspecified atom stereocenters. The van der Waals surface area contributed by atoms with Crippen LogP contribution in [0.5, 0.6) is 0 Å². The van der Waals surface area contributed by atoms with Crippen LogP contribution >= 0.6 is 11.6 Å². The van der Waals surface area contributed by atoms with E-state index in [0.29, 0.717) is 48.3 Å². The van der Waals surface area contributed by atoms with E-state index in [4.69, 9.17) is 16.3 Å². The van der Waals surface area contributed by atoms with Crippen molar-refractivity contribution in [3.63, 3.8) is 0 Å². The maximum Gasteiger partial charge on any atom is 0.415 e. The summed E-state index contributed by atoms with van der Waals surface area (Å²) in [6.45, 7) is 11.2. The van der Waals surface area contributed by atoms with Gasteiger partial charge >= 0.3 is 12.2 Å². The molecule has 1 saturated heterocycles. The molecule has 1 fully saturated rings. The van der Waals surface area contributed by atoms with Crippen molar-refractivity contribution in [2.45, 2.75) is 45.8 Å². The van der Waals surface area contributed by atoms with Gasteiger partial charge in [-0.3, -0.25) is 4.79 Å². The van der Waals surface area contributed by atoms with Gasteiger partial charge in [0, 0.05) is 36.8 Å². The zero-order valence-electron chi connectivity index (χ0n) is 21.0. The summed E-state index contributed by atoms with van der Waals surface area (Å²) in [7, 11) is 0. The number of halogens is 1. The van der Waals surface area contributed by atoms with Crippen LogP contribution in [0.15, 0.2) is 30.5 Å². The Balaban J connectivity index is 1.47. The molecule has 2 N–H and O–H groups in total. The molecular formula is C25H30ClN5O5. The number of amides is 3. The number of pyridine rings is 1. The first-order valence-corrected chi connectivity index (χ1v) is 12.0. The van der Waals surface area contributed by atoms with E-state index < -0.39 is 23.1 Å². The van der Waals surface area contributed by atoms with Gasteiger partial charge < -0.3 is 25.0 Å². The molecule has 10 nitrogen and oxygen atoms in total. The van der Waals surface area contributed by atoms with Crippen molar-refractivity contribution < 1.29 is 24.2 Å². The summed E-state index contributed by atoms with van der Waals surface area (Å²) < 4.78 is 5.45. The van der Waals surface area contributed by atoms with E-state index >= 15 is 0 Å². The lowest BCUT2D eigenvalue weighted by Gasteiger charge is -2.36. The van der Waals surface area contributed by atoms with E-state index in [1.54, 1.807) is 43.1 Å². The van der Waals surface area contributed by atoms with Gasteiger partial charge in [-0.15, -0.1) is 0 Å². The van der Waals surface area contributed by atoms with Gasteiger partial charge in [-0.25, -0.2) is 19.5 Å². The number of piperazine rings is 1. The van der Waals surface area contributed by atoms with Crippen LogP contribution in [-0.2, 0) is 10.3 Å². The molecule has 1 aromatic heterocycles. The standard InChI is InChI=1S/C25H30ClN5O5/c1-24(2,3)36-23(35)30-12-10-29(11-13-30)15-6-9-18(27-14-15)28-17-8-7-16(26)20-19(17)21(32)31(22(33)34)25(20,4)5/h6-9,14H,10-13H2,1-5H3,(H,27,28)(H,33,34). The molecule has 4 rings (SSSR count). The van der Waals surface area contributed by atoms with Crippen molar-refractivity contribution in [3.8, 4) is 0 Å². The average Bonchev–Trinajstić information content (AvgIpc) is 3.01. The van der Waals surface area contributed by atoms with Crippen LogP contribution in [0, 0.1) is 0 Å². The van der Waals surface area contributed by atoms with Crippen LogP contribution in [0.4, 0.5) is 26.8 Å². The monoisotopic (exact) mass is 515 g/mol. The van der Waals surface area contributed by atoms with Gasteiger partial charge in [-0.2, -0.15) is 0 Å². The number of fused-ring (bicyclic) bond motifs is 1. The minimum atomic E-state index is -1.34. The summed E-state index contributed by atoms with van der Waals surface area (Å²) in [5.74, 6) is -0.137. The Kier molecular flexibility index (Phi) is 6.51. The molecule has 3 amide bonds. The topological polar surface area (TPSA) is 115 Å². The largest absolute Gasteiger partial charge is 0.465 e. The van der Waals surface area contributed by atoms with Crippen LogP contribution in [0.2, 0.25) is 5.02 Å². The number of ether oxygens (including phenoxy) is 1. The Morgan fingerprint density at radius 2 is 1.78 bits per heavy atom. The molecule has 0 saturated carbocycles. The number of hydrogen-bond donors (Lipinski definition) is 2. The second kappa shape index (κ2) is 9.16. The zero-order valence-corrected chi connectivity index (χ0v) is 21.7. The second-order valence-electron chi connectivity index (χ2n) is 10.3. The van der Waals surface area contributed by atoms with Crippen molar-refractivity contribution >= 4 is 46.9 Å². The highest BCUT2D eigenvalue weighted by molar-refractivity contribution is 6.33. The summed E-state index contributed by atoms with van der Waals surface area (Å²) >= 11 is 6.38. The lowest BCUT2D eigenvalue weighted by Crippen LogP contribution is -2.50. The van der Waals surface area contributed by atoms with Crippen molar-refractivity contribution in [3.05, 3.63) is 46.6 Å². The number of carboxylic acid groups (broad SMARTS) is 1. The molecule has 36 heavy (non-hydrogen) atoms. The van der Waals surface area contributed by atoms with Crippen LogP contribution in [0.1, 0.15) is 50.5 Å². The quantitative estimate of drug-likeness (QED) is 0.592. The summed E-state index contributed by atoms with van der Waals surface area (Å²) in [5.41, 5.74) is 0.381. The van der Waals surface area contributed by atoms with Gasteiger partial charge in [0.1, 0.15) is 11.4 Å². The van der Waals surface area contributed by atoms with Crippen LogP contribution < -0.4 is 10.2 Å². The van der Waals surface area contributed by atoms with Gasteiger partial charge in [0.05, 0.1) is 28.7 Å². The third-order valence-electron chi connectivity index (χ3n) is 6.24. The highest BCUT2D eigenvalue weighted by Crippen LogP contribution is 2.46. The van der Waals surface area contributed by atoms with Gasteiger partial charge in [0.15, 0.2) is 0 Å². The molecule has 192 valence electrons. The zero-order chi connectivity index (χ0) is 26.4. The third-order valence-corrected chi connectivity index (χ3v) is 6.56. The molecule has 2 aliphatic heterocycles. The van der Waals surface area contributed by atoms with Crippen molar-refractivity contribution in [2.75, 3.05) is 36.4 Å². The molecule has 11 heteroatoms. The Labute approximate surface area is 214 Å². The maximum atomic E-state index is 13.0. The molecule has 0 bridgehead atoms. The number of aromatic nitrogens is 1. The predicted octanol–water partition coefficient (Wildman–Crippen LogP) is 4.90. The van der Waals surface area contributed by atoms with Crippen molar-refractivity contribution in [1.29, 1.82) is 0 Å². The molecule has 3 heterocycles. The van der Waals surface area contributed by atoms with E-state index in [-0.39, 0.29) is 11.7 Å². The smallest absolute Gasteiger partial charge is 0.415 e. The Hall–Kier alpha value is -3.53. The Morgan fingerprint density at radius 3 is 2.33 bits per heavy atom. The number of rotatable bonds is 3. The van der Waals surface area contributed by atoms with E-state index in [0.717, 1.165) is 10.6 Å². The summed E-state index contributed by atoms with van der Waals surface area (Å²) in [4.78, 5) is 46.2. The van der Waals surface area contributed by atoms with E-state index in [9.17, 15) is 19.5 Å². The first-order chi connectivity index (χ1) is 16.8. The molecule has 0 spiro atoms. The number of anilines is 3. The minimum Gasteiger partial charge on any atom is -0.465 e. The third kappa shape index (κ3) is 4.77. The number of imide groups is 1. The van der Waals surface area contributed by atoms with Gasteiger partial charge in [0.25, 0.3) is 5.91 Å². The number of carbonyl (C=O) groups excluding carboxylic acids is 2. The van der Waals surface area contributed by atoms with Crippen molar-refractivity contribution in [2.24, 2.45) is 0 Å². The lowest BCUT2D eigenvalue weighted by atomic mass is 9.93. The molecule has 1 aromatic carbocycles. The van der Waals surface area contributed by atoms with E-state index in [1.807, 2.05) is 26.8 Å². The molecular weight excluding hydrogens is 486 g/mol. The molecule has 2 aliphatic rings. The summed E-state index contributed by atoms with van der Waals surface area (Å²) in [6, 6.07) is 6.98. The van der Waals surface area contributed by atoms with Gasteiger partial charge in [0.2, 0.25) is 0 Å². The average molecular weight is 516 g/mol. The van der Waals surface area contributed by atoms with Gasteiger partial charge in [-0.05, 0) is 58.9 Å². The van der Waals surface area contributed by atoms with Crippen LogP contribution in [0.3, 0.4) is 0 Å².